The topological polar surface area (TPSA) is 43.9 Å². The fourth-order valence-electron chi connectivity index (χ4n) is 2.94. The second-order valence-electron chi connectivity index (χ2n) is 6.65. The Balaban J connectivity index is 1.90. The molecule has 0 radical (unpaired) electrons. The molecule has 0 aromatic heterocycles. The van der Waals surface area contributed by atoms with Gasteiger partial charge in [-0.25, -0.2) is 0 Å². The number of carbonyl (C=O) groups is 2. The van der Waals surface area contributed by atoms with Crippen LogP contribution in [-0.4, -0.2) is 73.3 Å². The summed E-state index contributed by atoms with van der Waals surface area (Å²) in [5.74, 6) is 0.218. The van der Waals surface area contributed by atoms with E-state index >= 15 is 0 Å². The SMILES string of the molecule is CC/C(=C\C(=O)N1CCN(C(=O)CCN(C)C)CC1)c1ccccc1. The van der Waals surface area contributed by atoms with Crippen molar-refractivity contribution in [3.8, 4) is 0 Å². The Morgan fingerprint density at radius 3 is 2.20 bits per heavy atom. The number of hydrogen-bond donors (Lipinski definition) is 0. The summed E-state index contributed by atoms with van der Waals surface area (Å²) in [6.07, 6.45) is 3.10. The van der Waals surface area contributed by atoms with E-state index in [1.54, 1.807) is 6.08 Å². The van der Waals surface area contributed by atoms with E-state index in [1.807, 2.05) is 59.1 Å². The number of hydrogen-bond acceptors (Lipinski definition) is 3. The van der Waals surface area contributed by atoms with E-state index in [-0.39, 0.29) is 11.8 Å². The lowest BCUT2D eigenvalue weighted by atomic mass is 10.0. The van der Waals surface area contributed by atoms with Crippen molar-refractivity contribution in [2.45, 2.75) is 19.8 Å². The number of carbonyl (C=O) groups excluding carboxylic acids is 2. The molecule has 0 saturated carbocycles. The molecule has 2 rings (SSSR count). The van der Waals surface area contributed by atoms with Crippen molar-refractivity contribution in [1.29, 1.82) is 0 Å². The number of allylic oxidation sites excluding steroid dienone is 1. The third-order valence-electron chi connectivity index (χ3n) is 4.54. The number of nitrogens with zero attached hydrogens (tertiary/aromatic N) is 3. The summed E-state index contributed by atoms with van der Waals surface area (Å²) in [4.78, 5) is 30.5. The van der Waals surface area contributed by atoms with Crippen LogP contribution in [0.5, 0.6) is 0 Å². The first kappa shape index (κ1) is 19.2. The first-order chi connectivity index (χ1) is 12.0. The van der Waals surface area contributed by atoms with Crippen molar-refractivity contribution in [3.63, 3.8) is 0 Å². The Labute approximate surface area is 150 Å². The Bertz CT molecular complexity index is 603. The molecule has 1 fully saturated rings. The molecule has 5 nitrogen and oxygen atoms in total. The average Bonchev–Trinajstić information content (AvgIpc) is 2.64. The minimum Gasteiger partial charge on any atom is -0.339 e. The van der Waals surface area contributed by atoms with E-state index in [0.29, 0.717) is 32.6 Å². The molecule has 136 valence electrons. The van der Waals surface area contributed by atoms with Crippen molar-refractivity contribution >= 4 is 17.4 Å². The fraction of sp³-hybridized carbons (Fsp3) is 0.500. The Hall–Kier alpha value is -2.14. The first-order valence-electron chi connectivity index (χ1n) is 8.98. The van der Waals surface area contributed by atoms with Crippen LogP contribution in [0.25, 0.3) is 5.57 Å². The highest BCUT2D eigenvalue weighted by Crippen LogP contribution is 2.18. The maximum atomic E-state index is 12.6. The van der Waals surface area contributed by atoms with Gasteiger partial charge in [-0.1, -0.05) is 37.3 Å². The van der Waals surface area contributed by atoms with Gasteiger partial charge in [-0.3, -0.25) is 9.59 Å². The molecule has 2 amide bonds. The van der Waals surface area contributed by atoms with Gasteiger partial charge in [-0.05, 0) is 31.7 Å². The molecule has 5 heteroatoms. The van der Waals surface area contributed by atoms with Crippen LogP contribution in [0.2, 0.25) is 0 Å². The number of rotatable bonds is 6. The van der Waals surface area contributed by atoms with Gasteiger partial charge >= 0.3 is 0 Å². The zero-order valence-corrected chi connectivity index (χ0v) is 15.6. The quantitative estimate of drug-likeness (QED) is 0.743. The lowest BCUT2D eigenvalue weighted by molar-refractivity contribution is -0.137. The Kier molecular flexibility index (Phi) is 7.19. The average molecular weight is 343 g/mol. The molecule has 1 heterocycles. The molecule has 1 aliphatic heterocycles. The van der Waals surface area contributed by atoms with Crippen LogP contribution in [0, 0.1) is 0 Å². The number of benzene rings is 1. The van der Waals surface area contributed by atoms with Crippen LogP contribution in [-0.2, 0) is 9.59 Å². The second-order valence-corrected chi connectivity index (χ2v) is 6.65. The molecule has 1 aliphatic rings. The first-order valence-corrected chi connectivity index (χ1v) is 8.98. The van der Waals surface area contributed by atoms with Gasteiger partial charge in [0.2, 0.25) is 11.8 Å². The number of amides is 2. The summed E-state index contributed by atoms with van der Waals surface area (Å²) in [5.41, 5.74) is 2.14. The van der Waals surface area contributed by atoms with Gasteiger partial charge in [-0.2, -0.15) is 0 Å². The lowest BCUT2D eigenvalue weighted by Crippen LogP contribution is -2.50. The van der Waals surface area contributed by atoms with Crippen LogP contribution >= 0.6 is 0 Å². The molecule has 25 heavy (non-hydrogen) atoms. The molecule has 0 atom stereocenters. The second kappa shape index (κ2) is 9.37. The zero-order chi connectivity index (χ0) is 18.2. The summed E-state index contributed by atoms with van der Waals surface area (Å²) >= 11 is 0. The van der Waals surface area contributed by atoms with E-state index in [1.165, 1.54) is 0 Å². The van der Waals surface area contributed by atoms with Crippen molar-refractivity contribution in [1.82, 2.24) is 14.7 Å². The zero-order valence-electron chi connectivity index (χ0n) is 15.6. The summed E-state index contributed by atoms with van der Waals surface area (Å²) in [6.45, 7) is 5.28. The van der Waals surface area contributed by atoms with Gasteiger partial charge in [0, 0.05) is 45.2 Å². The van der Waals surface area contributed by atoms with E-state index < -0.39 is 0 Å². The fourth-order valence-corrected chi connectivity index (χ4v) is 2.94. The van der Waals surface area contributed by atoms with Gasteiger partial charge in [0.1, 0.15) is 0 Å². The van der Waals surface area contributed by atoms with Gasteiger partial charge < -0.3 is 14.7 Å². The van der Waals surface area contributed by atoms with Crippen LogP contribution < -0.4 is 0 Å². The molecule has 1 saturated heterocycles. The van der Waals surface area contributed by atoms with E-state index in [9.17, 15) is 9.59 Å². The molecule has 0 bridgehead atoms. The molecule has 0 aliphatic carbocycles. The predicted octanol–water partition coefficient (Wildman–Crippen LogP) is 2.10. The minimum atomic E-state index is 0.0427. The molecular weight excluding hydrogens is 314 g/mol. The van der Waals surface area contributed by atoms with Crippen molar-refractivity contribution in [2.24, 2.45) is 0 Å². The normalized spacial score (nSPS) is 15.6. The molecule has 0 unspecified atom stereocenters. The van der Waals surface area contributed by atoms with Gasteiger partial charge in [0.15, 0.2) is 0 Å². The smallest absolute Gasteiger partial charge is 0.246 e. The molecular formula is C20H29N3O2. The summed E-state index contributed by atoms with van der Waals surface area (Å²) in [7, 11) is 3.93. The maximum Gasteiger partial charge on any atom is 0.246 e. The van der Waals surface area contributed by atoms with Crippen LogP contribution in [0.4, 0.5) is 0 Å². The van der Waals surface area contributed by atoms with Crippen LogP contribution in [0.1, 0.15) is 25.3 Å². The molecule has 1 aromatic rings. The van der Waals surface area contributed by atoms with Gasteiger partial charge in [0.05, 0.1) is 0 Å². The Morgan fingerprint density at radius 2 is 1.64 bits per heavy atom. The largest absolute Gasteiger partial charge is 0.339 e. The minimum absolute atomic E-state index is 0.0427. The maximum absolute atomic E-state index is 12.6. The summed E-state index contributed by atoms with van der Waals surface area (Å²) < 4.78 is 0. The van der Waals surface area contributed by atoms with Crippen molar-refractivity contribution in [2.75, 3.05) is 46.8 Å². The van der Waals surface area contributed by atoms with E-state index in [2.05, 4.69) is 6.92 Å². The highest BCUT2D eigenvalue weighted by molar-refractivity contribution is 5.95. The van der Waals surface area contributed by atoms with E-state index in [0.717, 1.165) is 24.1 Å². The number of piperazine rings is 1. The van der Waals surface area contributed by atoms with E-state index in [4.69, 9.17) is 0 Å². The molecule has 1 aromatic carbocycles. The molecule has 0 N–H and O–H groups in total. The van der Waals surface area contributed by atoms with Gasteiger partial charge in [0.25, 0.3) is 0 Å². The summed E-state index contributed by atoms with van der Waals surface area (Å²) in [5, 5.41) is 0. The lowest BCUT2D eigenvalue weighted by Gasteiger charge is -2.34. The van der Waals surface area contributed by atoms with Crippen LogP contribution in [0.15, 0.2) is 36.4 Å². The third-order valence-corrected chi connectivity index (χ3v) is 4.54. The predicted molar refractivity (Wildman–Crippen MR) is 101 cm³/mol. The van der Waals surface area contributed by atoms with Crippen molar-refractivity contribution < 1.29 is 9.59 Å². The summed E-state index contributed by atoms with van der Waals surface area (Å²) in [6, 6.07) is 10.0. The van der Waals surface area contributed by atoms with Gasteiger partial charge in [-0.15, -0.1) is 0 Å². The van der Waals surface area contributed by atoms with Crippen molar-refractivity contribution in [3.05, 3.63) is 42.0 Å². The highest BCUT2D eigenvalue weighted by Gasteiger charge is 2.23. The monoisotopic (exact) mass is 343 g/mol. The standard InChI is InChI=1S/C20H29N3O2/c1-4-17(18-8-6-5-7-9-18)16-20(25)23-14-12-22(13-15-23)19(24)10-11-21(2)3/h5-9,16H,4,10-15H2,1-3H3/b17-16+. The highest BCUT2D eigenvalue weighted by atomic mass is 16.2. The van der Waals surface area contributed by atoms with Crippen LogP contribution in [0.3, 0.4) is 0 Å². The molecule has 0 spiro atoms. The Morgan fingerprint density at radius 1 is 1.04 bits per heavy atom. The third kappa shape index (κ3) is 5.71.